The van der Waals surface area contributed by atoms with Crippen molar-refractivity contribution in [2.45, 2.75) is 25.3 Å². The Labute approximate surface area is 109 Å². The first kappa shape index (κ1) is 11.5. The first-order valence-corrected chi connectivity index (χ1v) is 6.72. The van der Waals surface area contributed by atoms with E-state index in [1.54, 1.807) is 0 Å². The van der Waals surface area contributed by atoms with Crippen LogP contribution in [-0.2, 0) is 6.42 Å². The molecule has 0 saturated carbocycles. The van der Waals surface area contributed by atoms with Crippen LogP contribution in [0.3, 0.4) is 0 Å². The van der Waals surface area contributed by atoms with Crippen LogP contribution in [0.4, 0.5) is 0 Å². The monoisotopic (exact) mass is 237 g/mol. The van der Waals surface area contributed by atoms with Crippen LogP contribution < -0.4 is 5.32 Å². The van der Waals surface area contributed by atoms with Crippen LogP contribution in [0.5, 0.6) is 0 Å². The van der Waals surface area contributed by atoms with Gasteiger partial charge in [-0.15, -0.1) is 0 Å². The summed E-state index contributed by atoms with van der Waals surface area (Å²) >= 11 is 0. The SMILES string of the molecule is CC1NCCc2ccccc2C1c1ccccc1. The molecule has 0 amide bonds. The lowest BCUT2D eigenvalue weighted by Gasteiger charge is -2.24. The number of rotatable bonds is 1. The number of nitrogens with one attached hydrogen (secondary N) is 1. The predicted octanol–water partition coefficient (Wildman–Crippen LogP) is 3.35. The standard InChI is InChI=1S/C17H19N/c1-13-17(15-8-3-2-4-9-15)16-10-6-5-7-14(16)11-12-18-13/h2-10,13,17-18H,11-12H2,1H3. The van der Waals surface area contributed by atoms with E-state index in [0.29, 0.717) is 12.0 Å². The van der Waals surface area contributed by atoms with Gasteiger partial charge < -0.3 is 5.32 Å². The molecule has 18 heavy (non-hydrogen) atoms. The van der Waals surface area contributed by atoms with E-state index in [9.17, 15) is 0 Å². The summed E-state index contributed by atoms with van der Waals surface area (Å²) in [6.45, 7) is 3.36. The molecule has 0 aromatic heterocycles. The Morgan fingerprint density at radius 1 is 0.944 bits per heavy atom. The van der Waals surface area contributed by atoms with E-state index in [4.69, 9.17) is 0 Å². The van der Waals surface area contributed by atoms with Crippen molar-refractivity contribution >= 4 is 0 Å². The van der Waals surface area contributed by atoms with Crippen molar-refractivity contribution in [1.29, 1.82) is 0 Å². The van der Waals surface area contributed by atoms with Crippen molar-refractivity contribution in [2.75, 3.05) is 6.54 Å². The maximum absolute atomic E-state index is 3.64. The lowest BCUT2D eigenvalue weighted by Crippen LogP contribution is -2.31. The Balaban J connectivity index is 2.11. The van der Waals surface area contributed by atoms with E-state index in [2.05, 4.69) is 66.8 Å². The van der Waals surface area contributed by atoms with Gasteiger partial charge in [0.2, 0.25) is 0 Å². The van der Waals surface area contributed by atoms with E-state index < -0.39 is 0 Å². The minimum atomic E-state index is 0.463. The fraction of sp³-hybridized carbons (Fsp3) is 0.294. The topological polar surface area (TPSA) is 12.0 Å². The molecule has 2 aromatic rings. The zero-order chi connectivity index (χ0) is 12.4. The van der Waals surface area contributed by atoms with E-state index in [0.717, 1.165) is 13.0 Å². The molecular formula is C17H19N. The van der Waals surface area contributed by atoms with Crippen LogP contribution in [-0.4, -0.2) is 12.6 Å². The van der Waals surface area contributed by atoms with Crippen molar-refractivity contribution < 1.29 is 0 Å². The smallest absolute Gasteiger partial charge is 0.0243 e. The lowest BCUT2D eigenvalue weighted by molar-refractivity contribution is 0.521. The fourth-order valence-electron chi connectivity index (χ4n) is 3.02. The highest BCUT2D eigenvalue weighted by molar-refractivity contribution is 5.40. The van der Waals surface area contributed by atoms with Crippen LogP contribution >= 0.6 is 0 Å². The summed E-state index contributed by atoms with van der Waals surface area (Å²) in [6, 6.07) is 20.2. The molecule has 2 atom stereocenters. The number of hydrogen-bond acceptors (Lipinski definition) is 1. The second kappa shape index (κ2) is 4.95. The number of hydrogen-bond donors (Lipinski definition) is 1. The third-order valence-corrected chi connectivity index (χ3v) is 3.91. The van der Waals surface area contributed by atoms with Gasteiger partial charge in [0.1, 0.15) is 0 Å². The van der Waals surface area contributed by atoms with Crippen molar-refractivity contribution in [3.05, 3.63) is 71.3 Å². The average Bonchev–Trinajstić information content (AvgIpc) is 2.58. The summed E-state index contributed by atoms with van der Waals surface area (Å²) in [7, 11) is 0. The predicted molar refractivity (Wildman–Crippen MR) is 75.9 cm³/mol. The average molecular weight is 237 g/mol. The van der Waals surface area contributed by atoms with Crippen molar-refractivity contribution in [3.8, 4) is 0 Å². The molecule has 1 nitrogen and oxygen atoms in total. The molecular weight excluding hydrogens is 218 g/mol. The maximum atomic E-state index is 3.64. The van der Waals surface area contributed by atoms with Crippen LogP contribution in [0.15, 0.2) is 54.6 Å². The van der Waals surface area contributed by atoms with Crippen molar-refractivity contribution in [2.24, 2.45) is 0 Å². The molecule has 0 bridgehead atoms. The van der Waals surface area contributed by atoms with E-state index in [1.165, 1.54) is 16.7 Å². The van der Waals surface area contributed by atoms with Crippen LogP contribution in [0, 0.1) is 0 Å². The first-order chi connectivity index (χ1) is 8.86. The summed E-state index contributed by atoms with van der Waals surface area (Å²) in [5.74, 6) is 0.463. The number of fused-ring (bicyclic) bond motifs is 1. The molecule has 2 unspecified atom stereocenters. The Morgan fingerprint density at radius 3 is 2.50 bits per heavy atom. The molecule has 1 N–H and O–H groups in total. The van der Waals surface area contributed by atoms with Gasteiger partial charge >= 0.3 is 0 Å². The lowest BCUT2D eigenvalue weighted by atomic mass is 9.84. The van der Waals surface area contributed by atoms with Gasteiger partial charge in [-0.05, 0) is 36.6 Å². The Kier molecular flexibility index (Phi) is 3.16. The van der Waals surface area contributed by atoms with Crippen LogP contribution in [0.25, 0.3) is 0 Å². The molecule has 2 aromatic carbocycles. The Morgan fingerprint density at radius 2 is 1.67 bits per heavy atom. The molecule has 1 aliphatic rings. The molecule has 0 spiro atoms. The Bertz CT molecular complexity index is 518. The van der Waals surface area contributed by atoms with Crippen LogP contribution in [0.1, 0.15) is 29.5 Å². The fourth-order valence-corrected chi connectivity index (χ4v) is 3.02. The van der Waals surface area contributed by atoms with Gasteiger partial charge in [-0.2, -0.15) is 0 Å². The van der Waals surface area contributed by atoms with E-state index in [-0.39, 0.29) is 0 Å². The second-order valence-corrected chi connectivity index (χ2v) is 5.08. The third-order valence-electron chi connectivity index (χ3n) is 3.91. The van der Waals surface area contributed by atoms with Crippen LogP contribution in [0.2, 0.25) is 0 Å². The molecule has 0 fully saturated rings. The van der Waals surface area contributed by atoms with E-state index >= 15 is 0 Å². The zero-order valence-electron chi connectivity index (χ0n) is 10.8. The molecule has 92 valence electrons. The second-order valence-electron chi connectivity index (χ2n) is 5.08. The van der Waals surface area contributed by atoms with E-state index in [1.807, 2.05) is 0 Å². The maximum Gasteiger partial charge on any atom is 0.0243 e. The molecule has 0 radical (unpaired) electrons. The summed E-state index contributed by atoms with van der Waals surface area (Å²) in [4.78, 5) is 0. The molecule has 0 saturated heterocycles. The van der Waals surface area contributed by atoms with Gasteiger partial charge in [0.05, 0.1) is 0 Å². The van der Waals surface area contributed by atoms with Gasteiger partial charge in [-0.3, -0.25) is 0 Å². The summed E-state index contributed by atoms with van der Waals surface area (Å²) < 4.78 is 0. The van der Waals surface area contributed by atoms with Gasteiger partial charge in [0.25, 0.3) is 0 Å². The molecule has 1 heterocycles. The molecule has 1 heteroatoms. The van der Waals surface area contributed by atoms with Crippen molar-refractivity contribution in [3.63, 3.8) is 0 Å². The summed E-state index contributed by atoms with van der Waals surface area (Å²) in [6.07, 6.45) is 1.13. The first-order valence-electron chi connectivity index (χ1n) is 6.72. The summed E-state index contributed by atoms with van der Waals surface area (Å²) in [5.41, 5.74) is 4.39. The van der Waals surface area contributed by atoms with Crippen molar-refractivity contribution in [1.82, 2.24) is 5.32 Å². The van der Waals surface area contributed by atoms with Gasteiger partial charge in [-0.1, -0.05) is 54.6 Å². The largest absolute Gasteiger partial charge is 0.313 e. The van der Waals surface area contributed by atoms with Gasteiger partial charge in [-0.25, -0.2) is 0 Å². The number of benzene rings is 2. The zero-order valence-corrected chi connectivity index (χ0v) is 10.8. The third kappa shape index (κ3) is 2.06. The molecule has 0 aliphatic carbocycles. The van der Waals surface area contributed by atoms with Gasteiger partial charge in [0.15, 0.2) is 0 Å². The highest BCUT2D eigenvalue weighted by atomic mass is 14.9. The minimum absolute atomic E-state index is 0.463. The van der Waals surface area contributed by atoms with Gasteiger partial charge in [0, 0.05) is 12.0 Å². The highest BCUT2D eigenvalue weighted by Gasteiger charge is 2.25. The molecule has 3 rings (SSSR count). The minimum Gasteiger partial charge on any atom is -0.313 e. The normalized spacial score (nSPS) is 23.2. The quantitative estimate of drug-likeness (QED) is 0.802. The highest BCUT2D eigenvalue weighted by Crippen LogP contribution is 2.32. The Hall–Kier alpha value is -1.60. The summed E-state index contributed by atoms with van der Waals surface area (Å²) in [5, 5.41) is 3.64. The molecule has 1 aliphatic heterocycles.